The number of rotatable bonds is 4. The number of hydrogen-bond acceptors (Lipinski definition) is 1. The van der Waals surface area contributed by atoms with Gasteiger partial charge in [0.15, 0.2) is 0 Å². The third-order valence-electron chi connectivity index (χ3n) is 7.25. The predicted octanol–water partition coefficient (Wildman–Crippen LogP) is 10.1. The van der Waals surface area contributed by atoms with Crippen molar-refractivity contribution >= 4 is 21.5 Å². The summed E-state index contributed by atoms with van der Waals surface area (Å²) in [6.45, 7) is 0. The molecule has 0 spiro atoms. The Morgan fingerprint density at radius 3 is 1.00 bits per heavy atom. The van der Waals surface area contributed by atoms with Gasteiger partial charge < -0.3 is 0 Å². The van der Waals surface area contributed by atoms with Crippen molar-refractivity contribution in [3.05, 3.63) is 152 Å². The molecule has 0 unspecified atom stereocenters. The van der Waals surface area contributed by atoms with Crippen LogP contribution < -0.4 is 0 Å². The highest BCUT2D eigenvalue weighted by Gasteiger charge is 2.18. The van der Waals surface area contributed by atoms with E-state index in [2.05, 4.69) is 152 Å². The Labute approximate surface area is 222 Å². The van der Waals surface area contributed by atoms with Gasteiger partial charge in [-0.3, -0.25) is 0 Å². The average molecular weight is 484 g/mol. The molecule has 7 rings (SSSR count). The molecule has 38 heavy (non-hydrogen) atoms. The first-order valence-electron chi connectivity index (χ1n) is 13.0. The van der Waals surface area contributed by atoms with Crippen LogP contribution >= 0.6 is 0 Å². The van der Waals surface area contributed by atoms with Crippen LogP contribution in [0.3, 0.4) is 0 Å². The maximum Gasteiger partial charge on any atom is 0.0715 e. The Bertz CT molecular complexity index is 1770. The molecule has 0 saturated heterocycles. The number of pyridine rings is 1. The van der Waals surface area contributed by atoms with Crippen molar-refractivity contribution in [2.45, 2.75) is 0 Å². The number of hydrogen-bond donors (Lipinski definition) is 0. The highest BCUT2D eigenvalue weighted by atomic mass is 14.7. The minimum atomic E-state index is 0.974. The molecule has 0 N–H and O–H groups in total. The van der Waals surface area contributed by atoms with E-state index in [1.165, 1.54) is 43.8 Å². The largest absolute Gasteiger partial charge is 0.248 e. The van der Waals surface area contributed by atoms with E-state index in [9.17, 15) is 0 Å². The Hall–Kier alpha value is -5.01. The summed E-state index contributed by atoms with van der Waals surface area (Å²) in [6.07, 6.45) is 0. The summed E-state index contributed by atoms with van der Waals surface area (Å²) in [5, 5.41) is 5.00. The second-order valence-electron chi connectivity index (χ2n) is 9.57. The van der Waals surface area contributed by atoms with E-state index in [4.69, 9.17) is 4.98 Å². The van der Waals surface area contributed by atoms with E-state index in [0.717, 1.165) is 22.5 Å². The molecule has 1 aromatic heterocycles. The van der Waals surface area contributed by atoms with Crippen LogP contribution in [0.4, 0.5) is 0 Å². The second-order valence-corrected chi connectivity index (χ2v) is 9.57. The van der Waals surface area contributed by atoms with Gasteiger partial charge in [-0.25, -0.2) is 4.98 Å². The first kappa shape index (κ1) is 22.2. The summed E-state index contributed by atoms with van der Waals surface area (Å²) >= 11 is 0. The quantitative estimate of drug-likeness (QED) is 0.227. The lowest BCUT2D eigenvalue weighted by molar-refractivity contribution is 1.32. The van der Waals surface area contributed by atoms with Gasteiger partial charge in [0.2, 0.25) is 0 Å². The number of benzene rings is 6. The van der Waals surface area contributed by atoms with Gasteiger partial charge in [-0.2, -0.15) is 0 Å². The van der Waals surface area contributed by atoms with Gasteiger partial charge in [0.25, 0.3) is 0 Å². The topological polar surface area (TPSA) is 12.9 Å². The Morgan fingerprint density at radius 2 is 0.605 bits per heavy atom. The molecule has 1 heterocycles. The molecule has 1 heteroatoms. The van der Waals surface area contributed by atoms with E-state index in [1.54, 1.807) is 0 Å². The molecule has 0 aliphatic heterocycles. The van der Waals surface area contributed by atoms with Crippen molar-refractivity contribution in [3.63, 3.8) is 0 Å². The zero-order valence-electron chi connectivity index (χ0n) is 20.9. The normalized spacial score (nSPS) is 11.2. The van der Waals surface area contributed by atoms with Crippen molar-refractivity contribution in [1.82, 2.24) is 4.98 Å². The van der Waals surface area contributed by atoms with Gasteiger partial charge in [-0.05, 0) is 55.9 Å². The highest BCUT2D eigenvalue weighted by Crippen LogP contribution is 2.44. The Morgan fingerprint density at radius 1 is 0.289 bits per heavy atom. The zero-order chi connectivity index (χ0) is 25.3. The summed E-state index contributed by atoms with van der Waals surface area (Å²) in [5.41, 5.74) is 9.10. The van der Waals surface area contributed by atoms with Crippen molar-refractivity contribution in [2.75, 3.05) is 0 Å². The van der Waals surface area contributed by atoms with E-state index in [0.29, 0.717) is 0 Å². The monoisotopic (exact) mass is 483 g/mol. The molecular formula is C37H25N. The smallest absolute Gasteiger partial charge is 0.0715 e. The minimum absolute atomic E-state index is 0.974. The molecule has 6 aromatic carbocycles. The van der Waals surface area contributed by atoms with Gasteiger partial charge in [-0.1, -0.05) is 140 Å². The number of nitrogens with zero attached hydrogens (tertiary/aromatic N) is 1. The average Bonchev–Trinajstić information content (AvgIpc) is 3.01. The third kappa shape index (κ3) is 3.86. The maximum atomic E-state index is 5.12. The van der Waals surface area contributed by atoms with Gasteiger partial charge in [0, 0.05) is 11.1 Å². The van der Waals surface area contributed by atoms with Crippen LogP contribution in [0.25, 0.3) is 66.3 Å². The molecule has 0 fully saturated rings. The van der Waals surface area contributed by atoms with Crippen LogP contribution in [0.1, 0.15) is 0 Å². The summed E-state index contributed by atoms with van der Waals surface area (Å²) < 4.78 is 0. The molecule has 0 saturated carbocycles. The standard InChI is InChI=1S/C37H25N/c1-4-14-26(15-5-1)34-24-29(25-35(38-34)27-16-6-2-7-17-27)37-32-22-12-10-20-30(32)36(28-18-8-3-9-19-28)31-21-11-13-23-33(31)37/h1-25H. The van der Waals surface area contributed by atoms with Crippen molar-refractivity contribution in [3.8, 4) is 44.8 Å². The van der Waals surface area contributed by atoms with Crippen molar-refractivity contribution in [1.29, 1.82) is 0 Å². The first-order chi connectivity index (χ1) is 18.9. The highest BCUT2D eigenvalue weighted by molar-refractivity contribution is 6.21. The number of fused-ring (bicyclic) bond motifs is 2. The summed E-state index contributed by atoms with van der Waals surface area (Å²) in [4.78, 5) is 5.12. The van der Waals surface area contributed by atoms with Crippen LogP contribution in [0, 0.1) is 0 Å². The fourth-order valence-electron chi connectivity index (χ4n) is 5.54. The van der Waals surface area contributed by atoms with Crippen LogP contribution in [0.15, 0.2) is 152 Å². The molecule has 0 aliphatic rings. The minimum Gasteiger partial charge on any atom is -0.248 e. The van der Waals surface area contributed by atoms with E-state index in [1.807, 2.05) is 0 Å². The number of aromatic nitrogens is 1. The summed E-state index contributed by atoms with van der Waals surface area (Å²) in [6, 6.07) is 53.8. The second kappa shape index (κ2) is 9.46. The molecule has 0 amide bonds. The summed E-state index contributed by atoms with van der Waals surface area (Å²) in [5.74, 6) is 0. The molecule has 0 radical (unpaired) electrons. The molecule has 0 atom stereocenters. The lowest BCUT2D eigenvalue weighted by atomic mass is 9.85. The van der Waals surface area contributed by atoms with E-state index < -0.39 is 0 Å². The van der Waals surface area contributed by atoms with Crippen LogP contribution in [-0.2, 0) is 0 Å². The molecule has 0 aliphatic carbocycles. The zero-order valence-corrected chi connectivity index (χ0v) is 20.9. The molecular weight excluding hydrogens is 458 g/mol. The van der Waals surface area contributed by atoms with Gasteiger partial charge >= 0.3 is 0 Å². The fourth-order valence-corrected chi connectivity index (χ4v) is 5.54. The maximum absolute atomic E-state index is 5.12. The van der Waals surface area contributed by atoms with Crippen LogP contribution in [0.5, 0.6) is 0 Å². The van der Waals surface area contributed by atoms with E-state index >= 15 is 0 Å². The van der Waals surface area contributed by atoms with Crippen molar-refractivity contribution < 1.29 is 0 Å². The van der Waals surface area contributed by atoms with Crippen LogP contribution in [0.2, 0.25) is 0 Å². The fraction of sp³-hybridized carbons (Fsp3) is 0. The van der Waals surface area contributed by atoms with Crippen LogP contribution in [-0.4, -0.2) is 4.98 Å². The van der Waals surface area contributed by atoms with E-state index in [-0.39, 0.29) is 0 Å². The molecule has 178 valence electrons. The molecule has 0 bridgehead atoms. The summed E-state index contributed by atoms with van der Waals surface area (Å²) in [7, 11) is 0. The lowest BCUT2D eigenvalue weighted by Gasteiger charge is -2.18. The molecule has 7 aromatic rings. The Kier molecular flexibility index (Phi) is 5.53. The first-order valence-corrected chi connectivity index (χ1v) is 13.0. The third-order valence-corrected chi connectivity index (χ3v) is 7.25. The van der Waals surface area contributed by atoms with Gasteiger partial charge in [-0.15, -0.1) is 0 Å². The Balaban J connectivity index is 1.60. The molecule has 1 nitrogen and oxygen atoms in total. The lowest BCUT2D eigenvalue weighted by Crippen LogP contribution is -1.94. The van der Waals surface area contributed by atoms with Gasteiger partial charge in [0.1, 0.15) is 0 Å². The SMILES string of the molecule is c1ccc(-c2cc(-c3c4ccccc4c(-c4ccccc4)c4ccccc34)cc(-c3ccccc3)n2)cc1. The van der Waals surface area contributed by atoms with Gasteiger partial charge in [0.05, 0.1) is 11.4 Å². The van der Waals surface area contributed by atoms with Crippen molar-refractivity contribution in [2.24, 2.45) is 0 Å². The predicted molar refractivity (Wildman–Crippen MR) is 161 cm³/mol.